The monoisotopic (exact) mass is 488 g/mol. The molecule has 32 heavy (non-hydrogen) atoms. The molecule has 1 aromatic heterocycles. The van der Waals surface area contributed by atoms with E-state index in [1.165, 1.54) is 8.87 Å². The summed E-state index contributed by atoms with van der Waals surface area (Å²) in [5, 5.41) is 11.9. The third kappa shape index (κ3) is 3.52. The Morgan fingerprint density at radius 2 is 2.00 bits per heavy atom. The molecule has 2 aliphatic rings. The molecule has 0 spiro atoms. The number of nitrogens with two attached hydrogens (primary N) is 1. The van der Waals surface area contributed by atoms with Crippen LogP contribution in [0.1, 0.15) is 36.2 Å². The van der Waals surface area contributed by atoms with Crippen molar-refractivity contribution in [2.24, 2.45) is 0 Å². The van der Waals surface area contributed by atoms with Gasteiger partial charge in [-0.2, -0.15) is 0 Å². The van der Waals surface area contributed by atoms with Crippen molar-refractivity contribution >= 4 is 50.0 Å². The van der Waals surface area contributed by atoms with Crippen LogP contribution in [0, 0.1) is 11.6 Å². The second kappa shape index (κ2) is 7.89. The minimum atomic E-state index is -3.47. The van der Waals surface area contributed by atoms with E-state index in [0.717, 1.165) is 18.0 Å². The van der Waals surface area contributed by atoms with Crippen molar-refractivity contribution in [2.45, 2.75) is 36.9 Å². The lowest BCUT2D eigenvalue weighted by Gasteiger charge is -2.32. The Morgan fingerprint density at radius 1 is 1.31 bits per heavy atom. The number of aromatic nitrogens is 1. The zero-order chi connectivity index (χ0) is 23.5. The number of carboxylic acid groups (broad SMARTS) is 1. The first kappa shape index (κ1) is 22.8. The van der Waals surface area contributed by atoms with Crippen molar-refractivity contribution in [1.82, 2.24) is 8.87 Å². The molecule has 4 N–H and O–H groups in total. The van der Waals surface area contributed by atoms with Crippen LogP contribution in [0.3, 0.4) is 0 Å². The molecule has 0 bridgehead atoms. The minimum absolute atomic E-state index is 0.0257. The van der Waals surface area contributed by atoms with Gasteiger partial charge >= 0.3 is 5.97 Å². The highest BCUT2D eigenvalue weighted by molar-refractivity contribution is 7.99. The fourth-order valence-electron chi connectivity index (χ4n) is 4.31. The number of thioether (sulfide) groups is 1. The number of halogens is 2. The molecule has 4 rings (SSSR count). The number of nitrogens with zero attached hydrogens (tertiary/aromatic N) is 2. The zero-order valence-corrected chi connectivity index (χ0v) is 18.9. The van der Waals surface area contributed by atoms with Crippen LogP contribution in [0.15, 0.2) is 9.82 Å². The largest absolute Gasteiger partial charge is 0.477 e. The summed E-state index contributed by atoms with van der Waals surface area (Å²) >= 11 is 1.11. The highest BCUT2D eigenvalue weighted by Gasteiger charge is 2.35. The number of benzene rings is 1. The normalized spacial score (nSPS) is 21.6. The number of nitrogens with one attached hydrogen (secondary N) is 1. The van der Waals surface area contributed by atoms with Gasteiger partial charge in [-0.1, -0.05) is 0 Å². The topological polar surface area (TPSA) is 135 Å². The maximum absolute atomic E-state index is 15.7. The second-order valence-corrected chi connectivity index (χ2v) is 11.1. The van der Waals surface area contributed by atoms with Crippen LogP contribution in [0.2, 0.25) is 0 Å². The molecule has 0 unspecified atom stereocenters. The molecule has 1 aromatic carbocycles. The van der Waals surface area contributed by atoms with E-state index in [2.05, 4.69) is 5.32 Å². The van der Waals surface area contributed by atoms with E-state index in [4.69, 9.17) is 5.73 Å². The summed E-state index contributed by atoms with van der Waals surface area (Å²) in [4.78, 5) is 24.6. The van der Waals surface area contributed by atoms with Crippen LogP contribution >= 0.6 is 11.8 Å². The quantitative estimate of drug-likeness (QED) is 0.557. The number of pyridine rings is 1. The van der Waals surface area contributed by atoms with Crippen molar-refractivity contribution in [3.63, 3.8) is 0 Å². The lowest BCUT2D eigenvalue weighted by molar-refractivity contribution is 0.0690. The molecule has 174 valence electrons. The molecule has 2 atom stereocenters. The number of hydrogen-bond donors (Lipinski definition) is 3. The summed E-state index contributed by atoms with van der Waals surface area (Å²) in [6, 6.07) is -0.937. The van der Waals surface area contributed by atoms with Gasteiger partial charge in [0.1, 0.15) is 11.3 Å². The van der Waals surface area contributed by atoms with Gasteiger partial charge in [0.25, 0.3) is 0 Å². The first-order valence-electron chi connectivity index (χ1n) is 9.89. The van der Waals surface area contributed by atoms with E-state index in [1.54, 1.807) is 6.92 Å². The molecule has 0 aliphatic carbocycles. The predicted octanol–water partition coefficient (Wildman–Crippen LogP) is 2.06. The average molecular weight is 489 g/mol. The lowest BCUT2D eigenvalue weighted by Crippen LogP contribution is -2.44. The minimum Gasteiger partial charge on any atom is -0.477 e. The van der Waals surface area contributed by atoms with Crippen LogP contribution in [-0.4, -0.2) is 59.5 Å². The van der Waals surface area contributed by atoms with Crippen molar-refractivity contribution < 1.29 is 27.1 Å². The summed E-state index contributed by atoms with van der Waals surface area (Å²) in [7, 11) is -3.47. The van der Waals surface area contributed by atoms with Crippen molar-refractivity contribution in [1.29, 1.82) is 0 Å². The predicted molar refractivity (Wildman–Crippen MR) is 118 cm³/mol. The fourth-order valence-corrected chi connectivity index (χ4v) is 6.51. The number of aromatic carboxylic acids is 1. The van der Waals surface area contributed by atoms with Gasteiger partial charge < -0.3 is 20.7 Å². The Bertz CT molecular complexity index is 1310. The van der Waals surface area contributed by atoms with Crippen LogP contribution in [0.25, 0.3) is 10.9 Å². The van der Waals surface area contributed by atoms with Crippen LogP contribution in [-0.2, 0) is 10.0 Å². The van der Waals surface area contributed by atoms with Crippen LogP contribution in [0.4, 0.5) is 20.2 Å². The van der Waals surface area contributed by atoms with E-state index >= 15 is 8.78 Å². The van der Waals surface area contributed by atoms with E-state index in [0.29, 0.717) is 25.1 Å². The molecular weight excluding hydrogens is 466 g/mol. The highest BCUT2D eigenvalue weighted by atomic mass is 32.2. The Morgan fingerprint density at radius 3 is 2.62 bits per heavy atom. The Hall–Kier alpha value is -2.38. The number of hydrogen-bond acceptors (Lipinski definition) is 7. The summed E-state index contributed by atoms with van der Waals surface area (Å²) in [5.41, 5.74) is 2.83. The number of piperidine rings is 1. The number of nitrogen functional groups attached to an aromatic ring is 1. The molecule has 9 nitrogen and oxygen atoms in total. The smallest absolute Gasteiger partial charge is 0.342 e. The molecule has 2 aromatic rings. The Balaban J connectivity index is 1.92. The first-order valence-corrected chi connectivity index (χ1v) is 12.7. The van der Waals surface area contributed by atoms with Gasteiger partial charge in [-0.3, -0.25) is 4.79 Å². The van der Waals surface area contributed by atoms with Crippen molar-refractivity contribution in [2.75, 3.05) is 36.1 Å². The molecule has 0 amide bonds. The van der Waals surface area contributed by atoms with Gasteiger partial charge in [-0.25, -0.2) is 26.3 Å². The Labute approximate surface area is 186 Å². The summed E-state index contributed by atoms with van der Waals surface area (Å²) < 4.78 is 57.3. The maximum Gasteiger partial charge on any atom is 0.342 e. The molecule has 0 saturated carbocycles. The number of carboxylic acids is 1. The highest BCUT2D eigenvalue weighted by Crippen LogP contribution is 2.42. The number of fused-ring (bicyclic) bond motifs is 3. The second-order valence-electron chi connectivity index (χ2n) is 8.09. The summed E-state index contributed by atoms with van der Waals surface area (Å²) in [6.07, 6.45) is 2.05. The molecule has 1 fully saturated rings. The van der Waals surface area contributed by atoms with Gasteiger partial charge in [-0.05, 0) is 19.8 Å². The number of carbonyl (C=O) groups is 1. The molecule has 2 aliphatic heterocycles. The molecule has 1 saturated heterocycles. The van der Waals surface area contributed by atoms with Crippen molar-refractivity contribution in [3.05, 3.63) is 27.4 Å². The average Bonchev–Trinajstić information content (AvgIpc) is 3.09. The van der Waals surface area contributed by atoms with E-state index in [9.17, 15) is 23.1 Å². The summed E-state index contributed by atoms with van der Waals surface area (Å²) in [5.74, 6) is -3.36. The maximum atomic E-state index is 15.7. The first-order chi connectivity index (χ1) is 14.9. The summed E-state index contributed by atoms with van der Waals surface area (Å²) in [6.45, 7) is 2.08. The van der Waals surface area contributed by atoms with Gasteiger partial charge in [0.05, 0.1) is 27.9 Å². The Kier molecular flexibility index (Phi) is 5.62. The fraction of sp³-hybridized carbons (Fsp3) is 0.474. The van der Waals surface area contributed by atoms with E-state index < -0.39 is 61.4 Å². The third-order valence-electron chi connectivity index (χ3n) is 5.83. The number of sulfonamides is 1. The van der Waals surface area contributed by atoms with Gasteiger partial charge in [0.2, 0.25) is 15.5 Å². The number of rotatable bonds is 4. The lowest BCUT2D eigenvalue weighted by atomic mass is 10.0. The van der Waals surface area contributed by atoms with Gasteiger partial charge in [-0.15, -0.1) is 11.8 Å². The van der Waals surface area contributed by atoms with Crippen LogP contribution in [0.5, 0.6) is 0 Å². The molecule has 3 heterocycles. The van der Waals surface area contributed by atoms with E-state index in [-0.39, 0.29) is 23.1 Å². The standard InChI is InChI=1S/C19H22F2N4O5S2/c1-8-7-31-18-11(19(27)28)17(26)10-14(22)12(20)15(13(21)16(10)25(8)18)23-9-4-3-5-24(6-9)32(2,29)30/h8-9,23H,3-7,22H2,1-2H3,(H,27,28)/t8-,9-/m1/s1. The van der Waals surface area contributed by atoms with Crippen LogP contribution < -0.4 is 16.5 Å². The SMILES string of the molecule is C[C@@H]1CSc2c(C(=O)O)c(=O)c3c(N)c(F)c(N[C@@H]4CCCN(S(C)(=O)=O)C4)c(F)c3n21. The zero-order valence-electron chi connectivity index (χ0n) is 17.3. The molecule has 13 heteroatoms. The van der Waals surface area contributed by atoms with Gasteiger partial charge in [0.15, 0.2) is 11.6 Å². The third-order valence-corrected chi connectivity index (χ3v) is 8.43. The molecule has 0 radical (unpaired) electrons. The van der Waals surface area contributed by atoms with Gasteiger partial charge in [0, 0.05) is 30.9 Å². The molecular formula is C19H22F2N4O5S2. The number of anilines is 2. The van der Waals surface area contributed by atoms with E-state index in [1.807, 2.05) is 0 Å². The van der Waals surface area contributed by atoms with Crippen molar-refractivity contribution in [3.8, 4) is 0 Å².